The number of nitro groups is 2. The van der Waals surface area contributed by atoms with E-state index in [1.54, 1.807) is 0 Å². The summed E-state index contributed by atoms with van der Waals surface area (Å²) in [5, 5.41) is 23.1. The van der Waals surface area contributed by atoms with Crippen LogP contribution in [0.4, 0.5) is 11.4 Å². The minimum Gasteiger partial charge on any atom is -0.349 e. The molecule has 0 aliphatic carbocycles. The van der Waals surface area contributed by atoms with E-state index in [1.807, 2.05) is 7.05 Å². The van der Waals surface area contributed by atoms with Crippen molar-refractivity contribution in [3.63, 3.8) is 0 Å². The van der Waals surface area contributed by atoms with Crippen LogP contribution in [-0.4, -0.2) is 52.1 Å². The second-order valence-corrected chi connectivity index (χ2v) is 8.33. The highest BCUT2D eigenvalue weighted by molar-refractivity contribution is 6.67. The first-order chi connectivity index (χ1) is 15.5. The highest BCUT2D eigenvalue weighted by Crippen LogP contribution is 2.26. The van der Waals surface area contributed by atoms with E-state index in [0.717, 1.165) is 38.1 Å². The first kappa shape index (κ1) is 26.5. The van der Waals surface area contributed by atoms with Gasteiger partial charge in [-0.15, -0.1) is 0 Å². The molecule has 1 aliphatic heterocycles. The van der Waals surface area contributed by atoms with Gasteiger partial charge in [-0.05, 0) is 68.8 Å². The standard InChI is InChI=1S/C13H16ClN3O3.C7H3Cl2NO3/c1-16-6-4-10(5-7-16)15-13(18)9-2-3-12(17(19)20)11(14)8-9;8-5-3-4(7(9)11)1-2-6(5)10(12)13/h2-3,8,10H,4-7H2,1H3,(H,15,18);1-3H. The van der Waals surface area contributed by atoms with Crippen LogP contribution in [0.3, 0.4) is 0 Å². The van der Waals surface area contributed by atoms with Gasteiger partial charge in [0.05, 0.1) is 9.85 Å². The minimum atomic E-state index is -0.697. The number of rotatable bonds is 5. The van der Waals surface area contributed by atoms with Gasteiger partial charge in [-0.1, -0.05) is 23.2 Å². The molecule has 33 heavy (non-hydrogen) atoms. The Morgan fingerprint density at radius 1 is 0.939 bits per heavy atom. The van der Waals surface area contributed by atoms with E-state index < -0.39 is 15.1 Å². The number of nitrogens with one attached hydrogen (secondary N) is 1. The number of carbonyl (C=O) groups is 2. The van der Waals surface area contributed by atoms with Crippen LogP contribution in [0.1, 0.15) is 33.6 Å². The maximum Gasteiger partial charge on any atom is 0.287 e. The number of likely N-dealkylation sites (tertiary alicyclic amines) is 1. The molecule has 1 heterocycles. The number of benzene rings is 2. The fourth-order valence-corrected chi connectivity index (χ4v) is 3.61. The van der Waals surface area contributed by atoms with E-state index in [1.165, 1.54) is 24.3 Å². The molecule has 3 rings (SSSR count). The number of halogens is 3. The van der Waals surface area contributed by atoms with Gasteiger partial charge in [0.2, 0.25) is 0 Å². The Balaban J connectivity index is 0.000000257. The topological polar surface area (TPSA) is 136 Å². The lowest BCUT2D eigenvalue weighted by atomic mass is 10.0. The quantitative estimate of drug-likeness (QED) is 0.345. The van der Waals surface area contributed by atoms with Crippen molar-refractivity contribution in [3.05, 3.63) is 77.8 Å². The van der Waals surface area contributed by atoms with Gasteiger partial charge >= 0.3 is 0 Å². The lowest BCUT2D eigenvalue weighted by molar-refractivity contribution is -0.384. The molecule has 1 aliphatic rings. The SMILES string of the molecule is CN1CCC(NC(=O)c2ccc([N+](=O)[O-])c(Cl)c2)CC1.O=C(Cl)c1ccc([N+](=O)[O-])c(Cl)c1. The molecule has 13 heteroatoms. The largest absolute Gasteiger partial charge is 0.349 e. The van der Waals surface area contributed by atoms with E-state index in [4.69, 9.17) is 34.8 Å². The van der Waals surface area contributed by atoms with E-state index in [2.05, 4.69) is 10.2 Å². The molecule has 1 fully saturated rings. The first-order valence-electron chi connectivity index (χ1n) is 9.56. The number of hydrogen-bond donors (Lipinski definition) is 1. The molecular weight excluding hydrogens is 499 g/mol. The fraction of sp³-hybridized carbons (Fsp3) is 0.300. The van der Waals surface area contributed by atoms with Crippen LogP contribution in [0.2, 0.25) is 10.0 Å². The van der Waals surface area contributed by atoms with Crippen LogP contribution in [0.25, 0.3) is 0 Å². The van der Waals surface area contributed by atoms with Crippen LogP contribution < -0.4 is 5.32 Å². The molecule has 10 nitrogen and oxygen atoms in total. The Bertz CT molecular complexity index is 1070. The molecule has 1 amide bonds. The van der Waals surface area contributed by atoms with Crippen molar-refractivity contribution in [2.24, 2.45) is 0 Å². The van der Waals surface area contributed by atoms with Crippen LogP contribution in [0.5, 0.6) is 0 Å². The Morgan fingerprint density at radius 2 is 1.39 bits per heavy atom. The van der Waals surface area contributed by atoms with E-state index in [0.29, 0.717) is 5.56 Å². The lowest BCUT2D eigenvalue weighted by Crippen LogP contribution is -2.43. The van der Waals surface area contributed by atoms with Gasteiger partial charge in [0.25, 0.3) is 22.5 Å². The monoisotopic (exact) mass is 516 g/mol. The maximum atomic E-state index is 12.1. The molecule has 176 valence electrons. The van der Waals surface area contributed by atoms with Crippen molar-refractivity contribution in [1.82, 2.24) is 10.2 Å². The summed E-state index contributed by atoms with van der Waals surface area (Å²) in [6, 6.07) is 7.71. The van der Waals surface area contributed by atoms with Crippen molar-refractivity contribution in [2.75, 3.05) is 20.1 Å². The molecule has 0 spiro atoms. The highest BCUT2D eigenvalue weighted by atomic mass is 35.5. The van der Waals surface area contributed by atoms with Gasteiger partial charge in [0, 0.05) is 29.3 Å². The zero-order chi connectivity index (χ0) is 24.7. The molecule has 2 aromatic rings. The van der Waals surface area contributed by atoms with Crippen LogP contribution in [0.15, 0.2) is 36.4 Å². The van der Waals surface area contributed by atoms with Gasteiger partial charge < -0.3 is 10.2 Å². The van der Waals surface area contributed by atoms with E-state index >= 15 is 0 Å². The number of nitro benzene ring substituents is 2. The third-order valence-corrected chi connectivity index (χ3v) is 5.66. The molecule has 1 saturated heterocycles. The lowest BCUT2D eigenvalue weighted by Gasteiger charge is -2.29. The third kappa shape index (κ3) is 7.64. The average Bonchev–Trinajstić information content (AvgIpc) is 2.75. The Kier molecular flexibility index (Phi) is 9.54. The van der Waals surface area contributed by atoms with Crippen molar-refractivity contribution < 1.29 is 19.4 Å². The summed E-state index contributed by atoms with van der Waals surface area (Å²) in [4.78, 5) is 44.7. The average molecular weight is 518 g/mol. The first-order valence-corrected chi connectivity index (χ1v) is 10.7. The van der Waals surface area contributed by atoms with E-state index in [9.17, 15) is 29.8 Å². The molecule has 0 saturated carbocycles. The Labute approximate surface area is 203 Å². The third-order valence-electron chi connectivity index (χ3n) is 4.83. The van der Waals surface area contributed by atoms with E-state index in [-0.39, 0.29) is 38.9 Å². The van der Waals surface area contributed by atoms with Gasteiger partial charge in [-0.2, -0.15) is 0 Å². The molecule has 2 aromatic carbocycles. The normalized spacial score (nSPS) is 14.1. The van der Waals surface area contributed by atoms with Crippen molar-refractivity contribution in [2.45, 2.75) is 18.9 Å². The summed E-state index contributed by atoms with van der Waals surface area (Å²) < 4.78 is 0. The summed E-state index contributed by atoms with van der Waals surface area (Å²) in [6.45, 7) is 1.90. The highest BCUT2D eigenvalue weighted by Gasteiger charge is 2.21. The second kappa shape index (κ2) is 11.9. The van der Waals surface area contributed by atoms with Crippen LogP contribution >= 0.6 is 34.8 Å². The van der Waals surface area contributed by atoms with Gasteiger partial charge in [-0.3, -0.25) is 29.8 Å². The van der Waals surface area contributed by atoms with Gasteiger partial charge in [-0.25, -0.2) is 0 Å². The molecule has 0 bridgehead atoms. The number of carbonyl (C=O) groups excluding carboxylic acids is 2. The predicted octanol–water partition coefficient (Wildman–Crippen LogP) is 4.70. The number of piperidine rings is 1. The molecule has 1 N–H and O–H groups in total. The second-order valence-electron chi connectivity index (χ2n) is 7.17. The Morgan fingerprint density at radius 3 is 1.82 bits per heavy atom. The van der Waals surface area contributed by atoms with Gasteiger partial charge in [0.15, 0.2) is 0 Å². The molecule has 0 aromatic heterocycles. The van der Waals surface area contributed by atoms with Crippen LogP contribution in [-0.2, 0) is 0 Å². The summed E-state index contributed by atoms with van der Waals surface area (Å²) in [7, 11) is 2.05. The number of amides is 1. The van der Waals surface area contributed by atoms with Crippen molar-refractivity contribution in [3.8, 4) is 0 Å². The zero-order valence-electron chi connectivity index (χ0n) is 17.3. The summed E-state index contributed by atoms with van der Waals surface area (Å²) >= 11 is 16.5. The number of nitrogens with zero attached hydrogens (tertiary/aromatic N) is 3. The molecule has 0 atom stereocenters. The summed E-state index contributed by atoms with van der Waals surface area (Å²) in [6.07, 6.45) is 1.81. The van der Waals surface area contributed by atoms with Gasteiger partial charge in [0.1, 0.15) is 10.0 Å². The number of hydrogen-bond acceptors (Lipinski definition) is 7. The van der Waals surface area contributed by atoms with Crippen molar-refractivity contribution in [1.29, 1.82) is 0 Å². The fourth-order valence-electron chi connectivity index (χ4n) is 3.00. The molecule has 0 radical (unpaired) electrons. The Hall–Kier alpha value is -2.79. The molecule has 0 unspecified atom stereocenters. The van der Waals surface area contributed by atoms with Crippen LogP contribution in [0, 0.1) is 20.2 Å². The summed E-state index contributed by atoms with van der Waals surface area (Å²) in [5.41, 5.74) is 0.0441. The smallest absolute Gasteiger partial charge is 0.287 e. The predicted molar refractivity (Wildman–Crippen MR) is 124 cm³/mol. The van der Waals surface area contributed by atoms with Crippen molar-refractivity contribution >= 4 is 57.3 Å². The zero-order valence-corrected chi connectivity index (χ0v) is 19.6. The molecular formula is C20H19Cl3N4O6. The maximum absolute atomic E-state index is 12.1. The summed E-state index contributed by atoms with van der Waals surface area (Å²) in [5.74, 6) is -0.239. The minimum absolute atomic E-state index is 0.0222.